The van der Waals surface area contributed by atoms with Crippen LogP contribution in [0.15, 0.2) is 95.2 Å². The highest BCUT2D eigenvalue weighted by Crippen LogP contribution is 2.72. The monoisotopic (exact) mass is 1820 g/mol. The summed E-state index contributed by atoms with van der Waals surface area (Å²) in [4.78, 5) is 120. The predicted molar refractivity (Wildman–Crippen MR) is 465 cm³/mol. The second-order valence-electron chi connectivity index (χ2n) is 41.8. The molecule has 0 unspecified atom stereocenters. The van der Waals surface area contributed by atoms with Gasteiger partial charge in [-0.15, -0.1) is 0 Å². The molecule has 15 aliphatic rings. The molecule has 1 aromatic rings. The third kappa shape index (κ3) is 19.3. The number of carboxylic acids is 1. The number of ketones is 5. The molecule has 1 aromatic carbocycles. The van der Waals surface area contributed by atoms with Crippen molar-refractivity contribution in [2.24, 2.45) is 97.6 Å². The van der Waals surface area contributed by atoms with Crippen molar-refractivity contribution in [3.8, 4) is 5.75 Å². The standard InChI is InChI=1S/C32H48O9.C23H29F3O6.C23H30O6.C23H30O5/c1-17-29(35)24(37-5)14-27(39-17)41-21-8-10-30(3)20(13-21)6-7-23-22(30)9-11-31(4)28(19-12-26(34)38-16-19)25(40-18(2)33)15-32(23,31)36;24-23(25,26)15-6-5-7-17(12-15)32-14-16(27)10-11-19-18(20(28)13-21(19)29)8-3-1-2-4-9-22(30)31;1-13(24)29-12-19(27)23(28)9-7-17-16-5-4-14-10-15(25)6-8-21(14,2)20(16)18(26)11-22(17,23)3;1-14(24)28-13-20(26)23(27)11-8-19-17-5-4-15-12-16(25)6-9-21(15,2)18(17)7-10-22(19,23)3/h12,17,20-25,27-29,35-36H,6-11,13-16H2,1-5H3;1,3,5-7,10-12,16,18-21,27-29H,2,4,8-9,13-14H2,(H,30,31);10,16-17,20,28H,4-9,11-12H2,1-3H3;7,12,17,19,27H,4-6,8-11,13H2,1-3H3/b;3-1-,11-10+;;/t17-,20+,21-,22-,23+,24-,25-,27-,28-,29-,30-,31+,32-;16-,18-,19-,20+,21-;16-,17-,20+,21-,22-,23-;17-,19+,21+,22+,23+/m0101/s1. The number of ether oxygens (including phenoxy) is 8. The summed E-state index contributed by atoms with van der Waals surface area (Å²) in [5.41, 5.74) is -2.46. The SMILES string of the molecule is CC(=O)OCC(=O)[C@@]1(O)CC[C@H]2[C@@H]3CCC4=CC(=O)CC[C@]4(C)C3=CC[C@@]21C.CC(=O)OCC(=O)[C@@]1(O)CC[C@H]2[C@@H]3CCC4=CC(=O)CC[C@]4(C)[C@H]3C(=O)C[C@@]21C.CO[C@H]1C[C@H](O[C@H]2CC[C@@]3(C)[C@H](CC[C@@H]4[C@@H]3CC[C@]3(C)[C@@H](C5=CC(=O)OC5)[C@@H](OC(C)=O)C[C@]43O)C2)O[C@@H](C)[C@@H]1O.O=C(O)CCC/C=C\C[C@@H]1[C@@H](/C=C/[C@@H](O)COc2cccc(C(F)(F)F)c2)[C@H](O)C[C@@H]1O. The average molecular weight is 1820 g/mol. The number of alkyl halides is 3. The van der Waals surface area contributed by atoms with Crippen LogP contribution in [0.25, 0.3) is 0 Å². The molecule has 718 valence electrons. The van der Waals surface area contributed by atoms with Gasteiger partial charge in [0, 0.05) is 118 Å². The number of carbonyl (C=O) groups is 10. The second-order valence-corrected chi connectivity index (χ2v) is 41.8. The van der Waals surface area contributed by atoms with Crippen molar-refractivity contribution in [2.45, 2.75) is 327 Å². The third-order valence-electron chi connectivity index (χ3n) is 34.9. The molecule has 130 heavy (non-hydrogen) atoms. The first kappa shape index (κ1) is 100. The van der Waals surface area contributed by atoms with Gasteiger partial charge in [0.15, 0.2) is 31.1 Å². The van der Waals surface area contributed by atoms with Gasteiger partial charge in [-0.25, -0.2) is 4.79 Å². The van der Waals surface area contributed by atoms with Crippen LogP contribution in [0, 0.1) is 97.6 Å². The van der Waals surface area contributed by atoms with Crippen LogP contribution >= 0.6 is 0 Å². The predicted octanol–water partition coefficient (Wildman–Crippen LogP) is 13.1. The largest absolute Gasteiger partial charge is 0.491 e. The zero-order chi connectivity index (χ0) is 94.6. The highest BCUT2D eigenvalue weighted by Gasteiger charge is 2.73. The van der Waals surface area contributed by atoms with E-state index in [-0.39, 0.29) is 162 Å². The number of aliphatic carboxylic acids is 1. The fourth-order valence-corrected chi connectivity index (χ4v) is 27.9. The Morgan fingerprint density at radius 3 is 1.99 bits per heavy atom. The number of halogens is 3. The Hall–Kier alpha value is -7.45. The number of methoxy groups -OCH3 is 1. The van der Waals surface area contributed by atoms with Crippen molar-refractivity contribution in [2.75, 3.05) is 33.5 Å². The number of aliphatic hydroxyl groups excluding tert-OH is 4. The Kier molecular flexibility index (Phi) is 30.1. The summed E-state index contributed by atoms with van der Waals surface area (Å²) in [6, 6.07) is 4.36. The van der Waals surface area contributed by atoms with Crippen LogP contribution in [-0.4, -0.2) is 205 Å². The molecule has 1 saturated heterocycles. The maximum absolute atomic E-state index is 13.5. The molecule has 0 bridgehead atoms. The van der Waals surface area contributed by atoms with Crippen molar-refractivity contribution >= 4 is 58.8 Å². The van der Waals surface area contributed by atoms with Gasteiger partial charge in [0.25, 0.3) is 0 Å². The summed E-state index contributed by atoms with van der Waals surface area (Å²) in [7, 11) is 1.62. The lowest BCUT2D eigenvalue weighted by molar-refractivity contribution is -0.273. The molecule has 29 atom stereocenters. The smallest absolute Gasteiger partial charge is 0.416 e. The van der Waals surface area contributed by atoms with E-state index in [9.17, 15) is 96.9 Å². The Balaban J connectivity index is 0.000000150. The maximum Gasteiger partial charge on any atom is 0.416 e. The summed E-state index contributed by atoms with van der Waals surface area (Å²) in [5.74, 6) is -2.42. The summed E-state index contributed by atoms with van der Waals surface area (Å²) < 4.78 is 82.4. The van der Waals surface area contributed by atoms with Crippen LogP contribution in [0.2, 0.25) is 0 Å². The van der Waals surface area contributed by atoms with Gasteiger partial charge in [0.2, 0.25) is 11.6 Å². The molecule has 10 saturated carbocycles. The van der Waals surface area contributed by atoms with Crippen molar-refractivity contribution in [3.63, 3.8) is 0 Å². The number of rotatable bonds is 22. The van der Waals surface area contributed by atoms with Crippen LogP contribution in [-0.2, 0) is 87.3 Å². The Morgan fingerprint density at radius 1 is 0.677 bits per heavy atom. The Bertz CT molecular complexity index is 4640. The van der Waals surface area contributed by atoms with Gasteiger partial charge in [-0.2, -0.15) is 13.2 Å². The summed E-state index contributed by atoms with van der Waals surface area (Å²) >= 11 is 0. The van der Waals surface area contributed by atoms with Gasteiger partial charge >= 0.3 is 36.0 Å². The third-order valence-corrected chi connectivity index (χ3v) is 34.9. The van der Waals surface area contributed by atoms with E-state index in [1.165, 1.54) is 50.1 Å². The molecule has 2 aliphatic heterocycles. The number of benzene rings is 1. The van der Waals surface area contributed by atoms with Gasteiger partial charge < -0.3 is 78.7 Å². The molecule has 8 N–H and O–H groups in total. The van der Waals surface area contributed by atoms with E-state index in [1.54, 1.807) is 25.3 Å². The van der Waals surface area contributed by atoms with Crippen LogP contribution < -0.4 is 4.74 Å². The highest BCUT2D eigenvalue weighted by atomic mass is 19.4. The summed E-state index contributed by atoms with van der Waals surface area (Å²) in [5, 5.41) is 85.1. The quantitative estimate of drug-likeness (QED) is 0.0176. The van der Waals surface area contributed by atoms with Crippen molar-refractivity contribution in [1.82, 2.24) is 0 Å². The molecule has 16 rings (SSSR count). The lowest BCUT2D eigenvalue weighted by atomic mass is 9.43. The Morgan fingerprint density at radius 2 is 1.34 bits per heavy atom. The fourth-order valence-electron chi connectivity index (χ4n) is 27.9. The molecular weight excluding hydrogens is 1690 g/mol. The van der Waals surface area contributed by atoms with Crippen molar-refractivity contribution < 1.29 is 140 Å². The van der Waals surface area contributed by atoms with E-state index in [2.05, 4.69) is 33.8 Å². The zero-order valence-corrected chi connectivity index (χ0v) is 77.2. The lowest BCUT2D eigenvalue weighted by Gasteiger charge is -2.63. The molecule has 26 nitrogen and oxygen atoms in total. The number of unbranched alkanes of at least 4 members (excludes halogenated alkanes) is 1. The molecule has 2 heterocycles. The average Bonchev–Trinajstić information content (AvgIpc) is 1.55. The molecule has 0 aromatic heterocycles. The van der Waals surface area contributed by atoms with E-state index in [0.29, 0.717) is 94.8 Å². The minimum absolute atomic E-state index is 0.0190. The van der Waals surface area contributed by atoms with Crippen LogP contribution in [0.4, 0.5) is 13.2 Å². The first-order valence-electron chi connectivity index (χ1n) is 47.3. The first-order valence-corrected chi connectivity index (χ1v) is 47.3. The molecule has 0 radical (unpaired) electrons. The number of esters is 4. The fraction of sp³-hybridized carbons (Fsp3) is 0.723. The number of hydrogen-bond donors (Lipinski definition) is 8. The van der Waals surface area contributed by atoms with Crippen molar-refractivity contribution in [3.05, 3.63) is 101 Å². The van der Waals surface area contributed by atoms with E-state index in [0.717, 1.165) is 107 Å². The van der Waals surface area contributed by atoms with Gasteiger partial charge in [-0.3, -0.25) is 43.2 Å². The summed E-state index contributed by atoms with van der Waals surface area (Å²) in [6.07, 6.45) is 23.6. The normalized spacial score (nSPS) is 41.1. The van der Waals surface area contributed by atoms with Crippen LogP contribution in [0.5, 0.6) is 5.75 Å². The minimum atomic E-state index is -4.49. The number of Topliss-reactive ketones (excluding diaryl/α,β-unsaturated/α-hetero) is 3. The second kappa shape index (κ2) is 39.1. The number of aliphatic hydroxyl groups is 7. The number of carboxylic acid groups (broad SMARTS) is 1. The number of allylic oxidation sites excluding steroid dienone is 7. The van der Waals surface area contributed by atoms with Gasteiger partial charge in [0.1, 0.15) is 54.3 Å². The zero-order valence-electron chi connectivity index (χ0n) is 77.2. The summed E-state index contributed by atoms with van der Waals surface area (Å²) in [6.45, 7) is 17.8. The van der Waals surface area contributed by atoms with Crippen LogP contribution in [0.1, 0.15) is 255 Å². The molecule has 11 fully saturated rings. The van der Waals surface area contributed by atoms with E-state index < -0.39 is 112 Å². The molecule has 0 spiro atoms. The molecular formula is C101H137F3O26. The number of cyclic esters (lactones) is 1. The molecule has 0 amide bonds. The number of carbonyl (C=O) groups excluding carboxylic acids is 9. The number of hydrogen-bond acceptors (Lipinski definition) is 25. The molecule has 13 aliphatic carbocycles. The van der Waals surface area contributed by atoms with Crippen LogP contribution in [0.3, 0.4) is 0 Å². The minimum Gasteiger partial charge on any atom is -0.491 e. The van der Waals surface area contributed by atoms with E-state index in [4.69, 9.17) is 43.0 Å². The van der Waals surface area contributed by atoms with Gasteiger partial charge in [-0.05, 0) is 236 Å². The Labute approximate surface area is 759 Å². The highest BCUT2D eigenvalue weighted by molar-refractivity contribution is 5.96. The topological polar surface area (TPSA) is 406 Å². The maximum atomic E-state index is 13.5. The van der Waals surface area contributed by atoms with Gasteiger partial charge in [-0.1, -0.05) is 94.7 Å². The van der Waals surface area contributed by atoms with Crippen molar-refractivity contribution in [1.29, 1.82) is 0 Å². The van der Waals surface area contributed by atoms with E-state index in [1.807, 2.05) is 39.0 Å². The van der Waals surface area contributed by atoms with E-state index >= 15 is 0 Å². The lowest BCUT2D eigenvalue weighted by Crippen LogP contribution is -2.62. The molecule has 29 heteroatoms. The van der Waals surface area contributed by atoms with Gasteiger partial charge in [0.05, 0.1) is 41.7 Å². The number of fused-ring (bicyclic) bond motifs is 15. The first-order chi connectivity index (χ1) is 61.1.